The minimum absolute atomic E-state index is 0.137. The van der Waals surface area contributed by atoms with Gasteiger partial charge in [0.1, 0.15) is 0 Å². The van der Waals surface area contributed by atoms with Crippen molar-refractivity contribution < 1.29 is 9.32 Å². The second-order valence-electron chi connectivity index (χ2n) is 6.57. The van der Waals surface area contributed by atoms with Crippen molar-refractivity contribution in [3.8, 4) is 11.3 Å². The second kappa shape index (κ2) is 8.11. The van der Waals surface area contributed by atoms with Crippen LogP contribution in [0.2, 0.25) is 10.0 Å². The van der Waals surface area contributed by atoms with Gasteiger partial charge in [0, 0.05) is 22.8 Å². The zero-order chi connectivity index (χ0) is 20.4. The Hall–Kier alpha value is -3.09. The van der Waals surface area contributed by atoms with Crippen LogP contribution in [0.1, 0.15) is 21.6 Å². The second-order valence-corrected chi connectivity index (χ2v) is 7.41. The molecule has 0 aliphatic heterocycles. The number of benzene rings is 2. The highest BCUT2D eigenvalue weighted by molar-refractivity contribution is 6.36. The molecule has 2 aromatic heterocycles. The quantitative estimate of drug-likeness (QED) is 0.460. The van der Waals surface area contributed by atoms with Gasteiger partial charge in [-0.3, -0.25) is 9.48 Å². The first-order chi connectivity index (χ1) is 14.0. The molecule has 0 saturated carbocycles. The molecule has 2 heterocycles. The number of hydrogen-bond acceptors (Lipinski definition) is 4. The van der Waals surface area contributed by atoms with E-state index in [1.807, 2.05) is 25.1 Å². The van der Waals surface area contributed by atoms with E-state index in [-0.39, 0.29) is 5.69 Å². The molecule has 0 aliphatic carbocycles. The number of aromatic nitrogens is 3. The van der Waals surface area contributed by atoms with Crippen molar-refractivity contribution in [2.75, 3.05) is 5.32 Å². The highest BCUT2D eigenvalue weighted by Gasteiger charge is 2.16. The SMILES string of the molecule is Cc1cccc(Cn2cc(NC(=O)c3cc(-c4ccc(Cl)cc4Cl)on3)cn2)c1. The van der Waals surface area contributed by atoms with Gasteiger partial charge in [-0.1, -0.05) is 58.2 Å². The Morgan fingerprint density at radius 2 is 2.03 bits per heavy atom. The van der Waals surface area contributed by atoms with Gasteiger partial charge in [0.15, 0.2) is 11.5 Å². The standard InChI is InChI=1S/C21H16Cl2N4O2/c1-13-3-2-4-14(7-13)11-27-12-16(10-24-27)25-21(28)19-9-20(29-26-19)17-6-5-15(22)8-18(17)23/h2-10,12H,11H2,1H3,(H,25,28). The van der Waals surface area contributed by atoms with Gasteiger partial charge in [-0.25, -0.2) is 0 Å². The third-order valence-electron chi connectivity index (χ3n) is 4.26. The van der Waals surface area contributed by atoms with Crippen LogP contribution in [-0.4, -0.2) is 20.8 Å². The van der Waals surface area contributed by atoms with Gasteiger partial charge < -0.3 is 9.84 Å². The van der Waals surface area contributed by atoms with Crippen LogP contribution in [0.4, 0.5) is 5.69 Å². The molecule has 0 bridgehead atoms. The van der Waals surface area contributed by atoms with Crippen molar-refractivity contribution in [1.29, 1.82) is 0 Å². The van der Waals surface area contributed by atoms with Gasteiger partial charge in [0.2, 0.25) is 0 Å². The van der Waals surface area contributed by atoms with E-state index in [2.05, 4.69) is 21.6 Å². The summed E-state index contributed by atoms with van der Waals surface area (Å²) in [6.07, 6.45) is 3.35. The molecule has 0 atom stereocenters. The monoisotopic (exact) mass is 426 g/mol. The molecule has 2 aromatic carbocycles. The summed E-state index contributed by atoms with van der Waals surface area (Å²) in [6.45, 7) is 2.66. The fourth-order valence-electron chi connectivity index (χ4n) is 2.91. The van der Waals surface area contributed by atoms with Gasteiger partial charge in [-0.15, -0.1) is 0 Å². The van der Waals surface area contributed by atoms with Crippen LogP contribution in [0, 0.1) is 6.92 Å². The molecule has 0 aliphatic rings. The predicted octanol–water partition coefficient (Wildman–Crippen LogP) is 5.45. The maximum absolute atomic E-state index is 12.5. The first-order valence-electron chi connectivity index (χ1n) is 8.79. The number of rotatable bonds is 5. The lowest BCUT2D eigenvalue weighted by Crippen LogP contribution is -2.11. The maximum Gasteiger partial charge on any atom is 0.277 e. The Balaban J connectivity index is 1.45. The molecule has 0 spiro atoms. The Kier molecular flexibility index (Phi) is 5.38. The molecule has 146 valence electrons. The average Bonchev–Trinajstić information content (AvgIpc) is 3.32. The summed E-state index contributed by atoms with van der Waals surface area (Å²) in [6, 6.07) is 14.7. The van der Waals surface area contributed by atoms with E-state index >= 15 is 0 Å². The molecule has 4 rings (SSSR count). The highest BCUT2D eigenvalue weighted by Crippen LogP contribution is 2.30. The lowest BCUT2D eigenvalue weighted by Gasteiger charge is -2.03. The highest BCUT2D eigenvalue weighted by atomic mass is 35.5. The van der Waals surface area contributed by atoms with E-state index in [0.29, 0.717) is 33.6 Å². The fraction of sp³-hybridized carbons (Fsp3) is 0.0952. The van der Waals surface area contributed by atoms with E-state index in [4.69, 9.17) is 27.7 Å². The van der Waals surface area contributed by atoms with Crippen LogP contribution in [0.3, 0.4) is 0 Å². The molecule has 29 heavy (non-hydrogen) atoms. The number of halogens is 2. The average molecular weight is 427 g/mol. The van der Waals surface area contributed by atoms with E-state index in [1.165, 1.54) is 11.6 Å². The lowest BCUT2D eigenvalue weighted by atomic mass is 10.1. The Morgan fingerprint density at radius 3 is 2.83 bits per heavy atom. The summed E-state index contributed by atoms with van der Waals surface area (Å²) in [5.41, 5.74) is 3.63. The first-order valence-corrected chi connectivity index (χ1v) is 9.55. The smallest absolute Gasteiger partial charge is 0.277 e. The van der Waals surface area contributed by atoms with E-state index in [0.717, 1.165) is 5.56 Å². The fourth-order valence-corrected chi connectivity index (χ4v) is 3.41. The molecule has 4 aromatic rings. The number of amides is 1. The van der Waals surface area contributed by atoms with Crippen LogP contribution in [0.25, 0.3) is 11.3 Å². The van der Waals surface area contributed by atoms with Crippen LogP contribution in [0.5, 0.6) is 0 Å². The molecule has 0 saturated heterocycles. The summed E-state index contributed by atoms with van der Waals surface area (Å²) in [7, 11) is 0. The molecule has 8 heteroatoms. The molecule has 1 N–H and O–H groups in total. The minimum Gasteiger partial charge on any atom is -0.355 e. The lowest BCUT2D eigenvalue weighted by molar-refractivity contribution is 0.101. The Morgan fingerprint density at radius 1 is 1.17 bits per heavy atom. The van der Waals surface area contributed by atoms with Crippen molar-refractivity contribution in [2.24, 2.45) is 0 Å². The topological polar surface area (TPSA) is 73.0 Å². The largest absolute Gasteiger partial charge is 0.355 e. The van der Waals surface area contributed by atoms with E-state index in [9.17, 15) is 4.79 Å². The zero-order valence-corrected chi connectivity index (χ0v) is 16.9. The van der Waals surface area contributed by atoms with Crippen molar-refractivity contribution in [3.63, 3.8) is 0 Å². The normalized spacial score (nSPS) is 10.9. The Labute approximate surface area is 177 Å². The van der Waals surface area contributed by atoms with Crippen molar-refractivity contribution >= 4 is 34.8 Å². The molecular weight excluding hydrogens is 411 g/mol. The third kappa shape index (κ3) is 4.50. The number of nitrogens with one attached hydrogen (secondary N) is 1. The van der Waals surface area contributed by atoms with Gasteiger partial charge in [0.05, 0.1) is 23.5 Å². The van der Waals surface area contributed by atoms with Gasteiger partial charge in [0.25, 0.3) is 5.91 Å². The number of hydrogen-bond donors (Lipinski definition) is 1. The van der Waals surface area contributed by atoms with Crippen molar-refractivity contribution in [3.05, 3.63) is 87.8 Å². The number of nitrogens with zero attached hydrogens (tertiary/aromatic N) is 3. The van der Waals surface area contributed by atoms with Crippen molar-refractivity contribution in [2.45, 2.75) is 13.5 Å². The van der Waals surface area contributed by atoms with Crippen molar-refractivity contribution in [1.82, 2.24) is 14.9 Å². The van der Waals surface area contributed by atoms with Gasteiger partial charge >= 0.3 is 0 Å². The molecule has 0 unspecified atom stereocenters. The summed E-state index contributed by atoms with van der Waals surface area (Å²) in [4.78, 5) is 12.5. The zero-order valence-electron chi connectivity index (χ0n) is 15.4. The number of anilines is 1. The molecule has 1 amide bonds. The Bertz CT molecular complexity index is 1180. The first kappa shape index (κ1) is 19.2. The van der Waals surface area contributed by atoms with E-state index < -0.39 is 5.91 Å². The van der Waals surface area contributed by atoms with Crippen LogP contribution in [-0.2, 0) is 6.54 Å². The minimum atomic E-state index is -0.403. The van der Waals surface area contributed by atoms with Crippen LogP contribution in [0.15, 0.2) is 65.4 Å². The molecular formula is C21H16Cl2N4O2. The summed E-state index contributed by atoms with van der Waals surface area (Å²) < 4.78 is 7.02. The third-order valence-corrected chi connectivity index (χ3v) is 4.81. The molecule has 0 radical (unpaired) electrons. The predicted molar refractivity (Wildman–Crippen MR) is 112 cm³/mol. The maximum atomic E-state index is 12.5. The summed E-state index contributed by atoms with van der Waals surface area (Å²) in [5, 5.41) is 11.8. The number of carbonyl (C=O) groups is 1. The summed E-state index contributed by atoms with van der Waals surface area (Å²) >= 11 is 12.1. The number of aryl methyl sites for hydroxylation is 1. The molecule has 6 nitrogen and oxygen atoms in total. The number of carbonyl (C=O) groups excluding carboxylic acids is 1. The van der Waals surface area contributed by atoms with Crippen LogP contribution >= 0.6 is 23.2 Å². The summed E-state index contributed by atoms with van der Waals surface area (Å²) in [5.74, 6) is -0.0212. The van der Waals surface area contributed by atoms with Gasteiger partial charge in [-0.2, -0.15) is 5.10 Å². The van der Waals surface area contributed by atoms with Crippen LogP contribution < -0.4 is 5.32 Å². The molecule has 0 fully saturated rings. The van der Waals surface area contributed by atoms with E-state index in [1.54, 1.807) is 35.3 Å². The van der Waals surface area contributed by atoms with Gasteiger partial charge in [-0.05, 0) is 30.7 Å².